The van der Waals surface area contributed by atoms with Crippen molar-refractivity contribution in [1.29, 1.82) is 0 Å². The predicted molar refractivity (Wildman–Crippen MR) is 126 cm³/mol. The van der Waals surface area contributed by atoms with Crippen molar-refractivity contribution < 1.29 is 18.3 Å². The fourth-order valence-electron chi connectivity index (χ4n) is 4.64. The van der Waals surface area contributed by atoms with E-state index in [4.69, 9.17) is 9.15 Å². The predicted octanol–water partition coefficient (Wildman–Crippen LogP) is 4.34. The summed E-state index contributed by atoms with van der Waals surface area (Å²) in [5, 5.41) is 0. The van der Waals surface area contributed by atoms with Crippen LogP contribution in [0.2, 0.25) is 0 Å². The van der Waals surface area contributed by atoms with E-state index in [1.165, 1.54) is 6.07 Å². The minimum atomic E-state index is -0.284. The number of rotatable bonds is 6. The fourth-order valence-corrected chi connectivity index (χ4v) is 4.64. The van der Waals surface area contributed by atoms with Crippen molar-refractivity contribution >= 4 is 17.3 Å². The smallest absolute Gasteiger partial charge is 0.258 e. The minimum Gasteiger partial charge on any atom is -0.489 e. The van der Waals surface area contributed by atoms with Gasteiger partial charge in [-0.2, -0.15) is 0 Å². The molecule has 7 heteroatoms. The molecule has 2 aromatic carbocycles. The van der Waals surface area contributed by atoms with Crippen LogP contribution in [0.15, 0.2) is 59.4 Å². The van der Waals surface area contributed by atoms with E-state index in [1.807, 2.05) is 18.2 Å². The molecule has 0 bridgehead atoms. The zero-order chi connectivity index (χ0) is 22.9. The Morgan fingerprint density at radius 3 is 2.76 bits per heavy atom. The first-order chi connectivity index (χ1) is 16.0. The number of benzene rings is 2. The number of amides is 1. The lowest BCUT2D eigenvalue weighted by atomic mass is 9.98. The topological polar surface area (TPSA) is 49.2 Å². The zero-order valence-electron chi connectivity index (χ0n) is 19.0. The summed E-state index contributed by atoms with van der Waals surface area (Å²) in [7, 11) is 4.12. The number of anilines is 2. The average molecular weight is 450 g/mol. The molecule has 0 unspecified atom stereocenters. The average Bonchev–Trinajstić information content (AvgIpc) is 3.50. The van der Waals surface area contributed by atoms with E-state index >= 15 is 4.39 Å². The number of fused-ring (bicyclic) bond motifs is 1. The first kappa shape index (κ1) is 21.5. The van der Waals surface area contributed by atoms with Gasteiger partial charge < -0.3 is 23.9 Å². The number of halogens is 1. The molecule has 1 fully saturated rings. The Kier molecular flexibility index (Phi) is 5.81. The molecule has 0 N–H and O–H groups in total. The second kappa shape index (κ2) is 8.90. The van der Waals surface area contributed by atoms with Gasteiger partial charge in [-0.1, -0.05) is 0 Å². The molecule has 1 amide bonds. The quantitative estimate of drug-likeness (QED) is 0.560. The number of likely N-dealkylation sites (N-methyl/N-ethyl adjacent to an activating group) is 1. The highest BCUT2D eigenvalue weighted by Gasteiger charge is 2.29. The van der Waals surface area contributed by atoms with E-state index in [0.717, 1.165) is 30.6 Å². The van der Waals surface area contributed by atoms with Crippen molar-refractivity contribution in [3.05, 3.63) is 77.5 Å². The van der Waals surface area contributed by atoms with Gasteiger partial charge in [-0.25, -0.2) is 4.39 Å². The van der Waals surface area contributed by atoms with Gasteiger partial charge >= 0.3 is 0 Å². The van der Waals surface area contributed by atoms with E-state index in [2.05, 4.69) is 23.9 Å². The Morgan fingerprint density at radius 2 is 2.03 bits per heavy atom. The number of ether oxygens (including phenoxy) is 1. The molecule has 3 aromatic rings. The maximum atomic E-state index is 15.0. The molecule has 1 saturated heterocycles. The van der Waals surface area contributed by atoms with Crippen LogP contribution < -0.4 is 14.5 Å². The van der Waals surface area contributed by atoms with Gasteiger partial charge in [0, 0.05) is 42.5 Å². The highest BCUT2D eigenvalue weighted by atomic mass is 19.1. The lowest BCUT2D eigenvalue weighted by Crippen LogP contribution is -2.37. The molecule has 1 aromatic heterocycles. The summed E-state index contributed by atoms with van der Waals surface area (Å²) in [6, 6.07) is 13.0. The number of hydrogen-bond acceptors (Lipinski definition) is 5. The van der Waals surface area contributed by atoms with Gasteiger partial charge in [-0.05, 0) is 75.0 Å². The molecule has 2 aliphatic rings. The Labute approximate surface area is 193 Å². The van der Waals surface area contributed by atoms with Gasteiger partial charge in [0.15, 0.2) is 0 Å². The van der Waals surface area contributed by atoms with Gasteiger partial charge in [0.25, 0.3) is 5.91 Å². The molecule has 3 heterocycles. The van der Waals surface area contributed by atoms with Crippen LogP contribution in [0.3, 0.4) is 0 Å². The maximum Gasteiger partial charge on any atom is 0.258 e. The third kappa shape index (κ3) is 4.33. The molecule has 0 radical (unpaired) electrons. The molecule has 33 heavy (non-hydrogen) atoms. The van der Waals surface area contributed by atoms with Crippen LogP contribution in [0.25, 0.3) is 0 Å². The van der Waals surface area contributed by atoms with Crippen molar-refractivity contribution in [2.75, 3.05) is 43.5 Å². The maximum absolute atomic E-state index is 15.0. The van der Waals surface area contributed by atoms with Gasteiger partial charge in [0.2, 0.25) is 0 Å². The third-order valence-corrected chi connectivity index (χ3v) is 6.62. The Morgan fingerprint density at radius 1 is 1.15 bits per heavy atom. The van der Waals surface area contributed by atoms with Crippen LogP contribution in [0, 0.1) is 5.82 Å². The summed E-state index contributed by atoms with van der Waals surface area (Å²) in [6.45, 7) is 2.56. The van der Waals surface area contributed by atoms with Crippen LogP contribution in [-0.2, 0) is 13.0 Å². The van der Waals surface area contributed by atoms with E-state index < -0.39 is 0 Å². The second-order valence-corrected chi connectivity index (χ2v) is 8.93. The monoisotopic (exact) mass is 449 g/mol. The summed E-state index contributed by atoms with van der Waals surface area (Å²) >= 11 is 0. The summed E-state index contributed by atoms with van der Waals surface area (Å²) in [5.41, 5.74) is 3.73. The minimum absolute atomic E-state index is 0.112. The number of hydrogen-bond donors (Lipinski definition) is 0. The Bertz CT molecular complexity index is 1150. The van der Waals surface area contributed by atoms with Crippen LogP contribution >= 0.6 is 0 Å². The highest BCUT2D eigenvalue weighted by molar-refractivity contribution is 6.08. The van der Waals surface area contributed by atoms with Crippen molar-refractivity contribution in [2.24, 2.45) is 0 Å². The molecular weight excluding hydrogens is 421 g/mol. The number of carbonyl (C=O) groups is 1. The molecule has 172 valence electrons. The number of carbonyl (C=O) groups excluding carboxylic acids is 1. The van der Waals surface area contributed by atoms with Crippen molar-refractivity contribution in [3.8, 4) is 5.75 Å². The molecular formula is C26H28FN3O3. The van der Waals surface area contributed by atoms with Gasteiger partial charge in [0.1, 0.15) is 18.2 Å². The first-order valence-corrected chi connectivity index (χ1v) is 11.3. The van der Waals surface area contributed by atoms with Crippen LogP contribution in [0.4, 0.5) is 15.8 Å². The summed E-state index contributed by atoms with van der Waals surface area (Å²) in [6.07, 6.45) is 4.96. The first-order valence-electron chi connectivity index (χ1n) is 11.3. The van der Waals surface area contributed by atoms with Crippen molar-refractivity contribution in [2.45, 2.75) is 25.5 Å². The van der Waals surface area contributed by atoms with E-state index in [1.54, 1.807) is 35.6 Å². The van der Waals surface area contributed by atoms with Crippen LogP contribution in [-0.4, -0.2) is 50.6 Å². The Hall–Kier alpha value is -3.32. The van der Waals surface area contributed by atoms with E-state index in [0.29, 0.717) is 48.3 Å². The number of nitrogens with zero attached hydrogens (tertiary/aromatic N) is 3. The molecule has 6 nitrogen and oxygen atoms in total. The largest absolute Gasteiger partial charge is 0.489 e. The zero-order valence-corrected chi connectivity index (χ0v) is 19.0. The molecule has 1 atom stereocenters. The van der Waals surface area contributed by atoms with Gasteiger partial charge in [0.05, 0.1) is 18.2 Å². The summed E-state index contributed by atoms with van der Waals surface area (Å²) in [5.74, 6) is 0.320. The van der Waals surface area contributed by atoms with E-state index in [-0.39, 0.29) is 11.7 Å². The van der Waals surface area contributed by atoms with E-state index in [9.17, 15) is 4.79 Å². The lowest BCUT2D eigenvalue weighted by Gasteiger charge is -2.30. The van der Waals surface area contributed by atoms with Crippen LogP contribution in [0.5, 0.6) is 5.75 Å². The van der Waals surface area contributed by atoms with Gasteiger partial charge in [-0.3, -0.25) is 4.79 Å². The summed E-state index contributed by atoms with van der Waals surface area (Å²) in [4.78, 5) is 19.1. The molecule has 0 aliphatic carbocycles. The lowest BCUT2D eigenvalue weighted by molar-refractivity contribution is 0.0980. The third-order valence-electron chi connectivity index (χ3n) is 6.62. The molecule has 0 saturated carbocycles. The molecule has 0 spiro atoms. The molecule has 2 aliphatic heterocycles. The van der Waals surface area contributed by atoms with Crippen molar-refractivity contribution in [3.63, 3.8) is 0 Å². The standard InChI is InChI=1S/C26H28FN3O3/c1-28(2)21-8-10-29(15-21)25-6-3-20(14-24(25)27)30-11-7-19-13-22(4-5-23(19)26(30)31)33-17-18-9-12-32-16-18/h3-6,9,12-14,16,21H,7-8,10-11,15,17H2,1-2H3/t21-/m1/s1. The second-order valence-electron chi connectivity index (χ2n) is 8.93. The van der Waals surface area contributed by atoms with Gasteiger partial charge in [-0.15, -0.1) is 0 Å². The number of furan rings is 1. The van der Waals surface area contributed by atoms with Crippen LogP contribution in [0.1, 0.15) is 27.9 Å². The summed E-state index contributed by atoms with van der Waals surface area (Å²) < 4.78 is 25.9. The van der Waals surface area contributed by atoms with Crippen molar-refractivity contribution in [1.82, 2.24) is 4.90 Å². The normalized spacial score (nSPS) is 18.2. The SMILES string of the molecule is CN(C)[C@@H]1CCN(c2ccc(N3CCc4cc(OCc5ccoc5)ccc4C3=O)cc2F)C1. The fraction of sp³-hybridized carbons (Fsp3) is 0.346. The highest BCUT2D eigenvalue weighted by Crippen LogP contribution is 2.32. The molecule has 5 rings (SSSR count). The Balaban J connectivity index is 1.29.